The van der Waals surface area contributed by atoms with Crippen LogP contribution in [0.2, 0.25) is 0 Å². The SMILES string of the molecule is Cc1ccc(C(=O)COC(=O)C(NC(=O)c2ccco2)c2ccccc2)cc1. The van der Waals surface area contributed by atoms with Crippen LogP contribution in [0.5, 0.6) is 0 Å². The van der Waals surface area contributed by atoms with Crippen LogP contribution < -0.4 is 5.32 Å². The number of rotatable bonds is 7. The molecule has 1 unspecified atom stereocenters. The van der Waals surface area contributed by atoms with E-state index in [0.29, 0.717) is 11.1 Å². The van der Waals surface area contributed by atoms with Crippen molar-refractivity contribution in [1.82, 2.24) is 5.32 Å². The first-order valence-electron chi connectivity index (χ1n) is 8.70. The summed E-state index contributed by atoms with van der Waals surface area (Å²) in [5.41, 5.74) is 2.02. The normalized spacial score (nSPS) is 11.5. The fourth-order valence-corrected chi connectivity index (χ4v) is 2.58. The van der Waals surface area contributed by atoms with E-state index in [-0.39, 0.29) is 11.5 Å². The lowest BCUT2D eigenvalue weighted by Gasteiger charge is -2.17. The van der Waals surface area contributed by atoms with E-state index in [1.54, 1.807) is 48.5 Å². The van der Waals surface area contributed by atoms with Gasteiger partial charge >= 0.3 is 5.97 Å². The second-order valence-electron chi connectivity index (χ2n) is 6.19. The Kier molecular flexibility index (Phi) is 6.01. The molecule has 1 aromatic heterocycles. The van der Waals surface area contributed by atoms with Crippen LogP contribution >= 0.6 is 0 Å². The Morgan fingerprint density at radius 2 is 1.68 bits per heavy atom. The molecule has 0 spiro atoms. The van der Waals surface area contributed by atoms with Gasteiger partial charge in [0.05, 0.1) is 6.26 Å². The zero-order valence-electron chi connectivity index (χ0n) is 15.3. The maximum Gasteiger partial charge on any atom is 0.333 e. The Morgan fingerprint density at radius 1 is 0.964 bits per heavy atom. The molecule has 0 radical (unpaired) electrons. The minimum atomic E-state index is -1.07. The summed E-state index contributed by atoms with van der Waals surface area (Å²) in [4.78, 5) is 37.2. The second-order valence-corrected chi connectivity index (χ2v) is 6.19. The van der Waals surface area contributed by atoms with Gasteiger partial charge in [0.15, 0.2) is 24.2 Å². The maximum atomic E-state index is 12.6. The third-order valence-electron chi connectivity index (χ3n) is 4.11. The van der Waals surface area contributed by atoms with Gasteiger partial charge in [0, 0.05) is 5.56 Å². The van der Waals surface area contributed by atoms with Gasteiger partial charge in [-0.3, -0.25) is 9.59 Å². The summed E-state index contributed by atoms with van der Waals surface area (Å²) < 4.78 is 10.2. The number of benzene rings is 2. The Hall–Kier alpha value is -3.67. The molecule has 1 N–H and O–H groups in total. The summed E-state index contributed by atoms with van der Waals surface area (Å²) in [6.45, 7) is 1.50. The highest BCUT2D eigenvalue weighted by Crippen LogP contribution is 2.16. The number of nitrogens with one attached hydrogen (secondary N) is 1. The molecule has 0 aliphatic rings. The predicted octanol–water partition coefficient (Wildman–Crippen LogP) is 3.49. The highest BCUT2D eigenvalue weighted by molar-refractivity contribution is 5.99. The van der Waals surface area contributed by atoms with E-state index in [2.05, 4.69) is 5.32 Å². The number of furan rings is 1. The van der Waals surface area contributed by atoms with Crippen molar-refractivity contribution in [2.24, 2.45) is 0 Å². The minimum absolute atomic E-state index is 0.0736. The fraction of sp³-hybridized carbons (Fsp3) is 0.136. The van der Waals surface area contributed by atoms with Crippen LogP contribution in [0.4, 0.5) is 0 Å². The van der Waals surface area contributed by atoms with Crippen molar-refractivity contribution in [1.29, 1.82) is 0 Å². The number of esters is 1. The topological polar surface area (TPSA) is 85.6 Å². The number of Topliss-reactive ketones (excluding diaryl/α,β-unsaturated/α-hetero) is 1. The number of aryl methyl sites for hydroxylation is 1. The van der Waals surface area contributed by atoms with Gasteiger partial charge in [0.1, 0.15) is 0 Å². The Balaban J connectivity index is 1.70. The van der Waals surface area contributed by atoms with Crippen LogP contribution in [0, 0.1) is 6.92 Å². The molecule has 0 saturated heterocycles. The summed E-state index contributed by atoms with van der Waals surface area (Å²) in [5, 5.41) is 2.59. The van der Waals surface area contributed by atoms with Gasteiger partial charge in [0.2, 0.25) is 0 Å². The van der Waals surface area contributed by atoms with Crippen LogP contribution in [0.1, 0.15) is 38.1 Å². The minimum Gasteiger partial charge on any atom is -0.459 e. The zero-order chi connectivity index (χ0) is 19.9. The first-order chi connectivity index (χ1) is 13.5. The zero-order valence-corrected chi connectivity index (χ0v) is 15.3. The number of carbonyl (C=O) groups excluding carboxylic acids is 3. The summed E-state index contributed by atoms with van der Waals surface area (Å²) in [6, 6.07) is 17.6. The standard InChI is InChI=1S/C22H19NO5/c1-15-9-11-16(12-10-15)18(24)14-28-22(26)20(17-6-3-2-4-7-17)23-21(25)19-8-5-13-27-19/h2-13,20H,14H2,1H3,(H,23,25). The van der Waals surface area contributed by atoms with E-state index in [0.717, 1.165) is 5.56 Å². The molecule has 6 heteroatoms. The van der Waals surface area contributed by atoms with Gasteiger partial charge in [-0.1, -0.05) is 60.2 Å². The number of carbonyl (C=O) groups is 3. The molecule has 6 nitrogen and oxygen atoms in total. The van der Waals surface area contributed by atoms with Crippen LogP contribution in [0.15, 0.2) is 77.4 Å². The third kappa shape index (κ3) is 4.73. The Labute approximate surface area is 162 Å². The summed E-state index contributed by atoms with van der Waals surface area (Å²) in [6.07, 6.45) is 1.37. The molecule has 0 bridgehead atoms. The van der Waals surface area contributed by atoms with Crippen LogP contribution in [-0.2, 0) is 9.53 Å². The molecule has 0 aliphatic heterocycles. The molecule has 1 heterocycles. The number of ether oxygens (including phenoxy) is 1. The van der Waals surface area contributed by atoms with Gasteiger partial charge in [-0.25, -0.2) is 4.79 Å². The molecular weight excluding hydrogens is 358 g/mol. The summed E-state index contributed by atoms with van der Waals surface area (Å²) >= 11 is 0. The lowest BCUT2D eigenvalue weighted by atomic mass is 10.1. The van der Waals surface area contributed by atoms with Crippen LogP contribution in [0.25, 0.3) is 0 Å². The fourth-order valence-electron chi connectivity index (χ4n) is 2.58. The van der Waals surface area contributed by atoms with E-state index < -0.39 is 24.5 Å². The number of hydrogen-bond donors (Lipinski definition) is 1. The molecule has 28 heavy (non-hydrogen) atoms. The number of ketones is 1. The van der Waals surface area contributed by atoms with E-state index in [9.17, 15) is 14.4 Å². The molecule has 2 aromatic carbocycles. The van der Waals surface area contributed by atoms with Gasteiger partial charge in [-0.2, -0.15) is 0 Å². The molecular formula is C22H19NO5. The first-order valence-corrected chi connectivity index (χ1v) is 8.70. The lowest BCUT2D eigenvalue weighted by Crippen LogP contribution is -2.35. The van der Waals surface area contributed by atoms with Gasteiger partial charge in [-0.15, -0.1) is 0 Å². The number of hydrogen-bond acceptors (Lipinski definition) is 5. The Bertz CT molecular complexity index is 946. The van der Waals surface area contributed by atoms with Crippen molar-refractivity contribution < 1.29 is 23.5 Å². The molecule has 0 fully saturated rings. The molecule has 142 valence electrons. The third-order valence-corrected chi connectivity index (χ3v) is 4.11. The van der Waals surface area contributed by atoms with E-state index in [1.165, 1.54) is 12.3 Å². The average Bonchev–Trinajstić information content (AvgIpc) is 3.26. The van der Waals surface area contributed by atoms with Crippen molar-refractivity contribution in [3.63, 3.8) is 0 Å². The molecule has 1 amide bonds. The Morgan fingerprint density at radius 3 is 2.32 bits per heavy atom. The number of amides is 1. The van der Waals surface area contributed by atoms with Crippen LogP contribution in [0.3, 0.4) is 0 Å². The predicted molar refractivity (Wildman–Crippen MR) is 102 cm³/mol. The van der Waals surface area contributed by atoms with Crippen LogP contribution in [-0.4, -0.2) is 24.3 Å². The van der Waals surface area contributed by atoms with E-state index >= 15 is 0 Å². The summed E-state index contributed by atoms with van der Waals surface area (Å²) in [5.74, 6) is -1.53. The molecule has 3 rings (SSSR count). The smallest absolute Gasteiger partial charge is 0.333 e. The van der Waals surface area contributed by atoms with E-state index in [4.69, 9.17) is 9.15 Å². The quantitative estimate of drug-likeness (QED) is 0.503. The molecule has 3 aromatic rings. The highest BCUT2D eigenvalue weighted by Gasteiger charge is 2.26. The van der Waals surface area contributed by atoms with Gasteiger partial charge in [0.25, 0.3) is 5.91 Å². The molecule has 0 saturated carbocycles. The van der Waals surface area contributed by atoms with Crippen molar-refractivity contribution in [2.75, 3.05) is 6.61 Å². The van der Waals surface area contributed by atoms with Crippen molar-refractivity contribution in [3.8, 4) is 0 Å². The maximum absolute atomic E-state index is 12.6. The largest absolute Gasteiger partial charge is 0.459 e. The van der Waals surface area contributed by atoms with Crippen molar-refractivity contribution >= 4 is 17.7 Å². The van der Waals surface area contributed by atoms with Crippen molar-refractivity contribution in [2.45, 2.75) is 13.0 Å². The second kappa shape index (κ2) is 8.81. The average molecular weight is 377 g/mol. The van der Waals surface area contributed by atoms with Gasteiger partial charge in [-0.05, 0) is 24.6 Å². The molecule has 1 atom stereocenters. The first kappa shape index (κ1) is 19.1. The summed E-state index contributed by atoms with van der Waals surface area (Å²) in [7, 11) is 0. The van der Waals surface area contributed by atoms with Gasteiger partial charge < -0.3 is 14.5 Å². The van der Waals surface area contributed by atoms with Crippen molar-refractivity contribution in [3.05, 3.63) is 95.4 Å². The molecule has 0 aliphatic carbocycles. The monoisotopic (exact) mass is 377 g/mol. The lowest BCUT2D eigenvalue weighted by molar-refractivity contribution is -0.145. The highest BCUT2D eigenvalue weighted by atomic mass is 16.5. The van der Waals surface area contributed by atoms with E-state index in [1.807, 2.05) is 19.1 Å².